The van der Waals surface area contributed by atoms with Crippen molar-refractivity contribution in [3.05, 3.63) is 40.7 Å². The molecule has 2 nitrogen and oxygen atoms in total. The molecule has 2 rings (SSSR count). The van der Waals surface area contributed by atoms with E-state index in [2.05, 4.69) is 53.8 Å². The first-order valence-corrected chi connectivity index (χ1v) is 7.34. The number of aromatic nitrogens is 1. The number of thiazole rings is 1. The Morgan fingerprint density at radius 3 is 2.72 bits per heavy atom. The van der Waals surface area contributed by atoms with E-state index in [1.807, 2.05) is 6.07 Å². The van der Waals surface area contributed by atoms with Crippen LogP contribution in [0.25, 0.3) is 11.3 Å². The maximum atomic E-state index is 4.68. The average Bonchev–Trinajstić information content (AvgIpc) is 2.84. The molecule has 0 saturated carbocycles. The van der Waals surface area contributed by atoms with Gasteiger partial charge in [0.2, 0.25) is 0 Å². The monoisotopic (exact) mass is 260 g/mol. The van der Waals surface area contributed by atoms with E-state index in [0.29, 0.717) is 5.92 Å². The van der Waals surface area contributed by atoms with E-state index < -0.39 is 0 Å². The number of hydrogen-bond donors (Lipinski definition) is 1. The minimum atomic E-state index is 0.709. The van der Waals surface area contributed by atoms with Gasteiger partial charge in [-0.3, -0.25) is 0 Å². The van der Waals surface area contributed by atoms with E-state index in [-0.39, 0.29) is 0 Å². The third-order valence-electron chi connectivity index (χ3n) is 2.69. The van der Waals surface area contributed by atoms with E-state index in [9.17, 15) is 0 Å². The highest BCUT2D eigenvalue weighted by Gasteiger charge is 2.03. The molecular weight excluding hydrogens is 240 g/mol. The van der Waals surface area contributed by atoms with E-state index in [1.165, 1.54) is 10.6 Å². The fraction of sp³-hybridized carbons (Fsp3) is 0.400. The van der Waals surface area contributed by atoms with Crippen molar-refractivity contribution in [1.82, 2.24) is 10.3 Å². The smallest absolute Gasteiger partial charge is 0.0945 e. The van der Waals surface area contributed by atoms with Gasteiger partial charge in [-0.15, -0.1) is 11.3 Å². The standard InChI is InChI=1S/C15H20N2S/c1-12(2)10-16-9-8-15-17-14(11-18-15)13-6-4-3-5-7-13/h3-7,11-12,16H,8-10H2,1-2H3. The van der Waals surface area contributed by atoms with Crippen LogP contribution in [-0.2, 0) is 6.42 Å². The summed E-state index contributed by atoms with van der Waals surface area (Å²) in [4.78, 5) is 4.68. The average molecular weight is 260 g/mol. The van der Waals surface area contributed by atoms with Gasteiger partial charge >= 0.3 is 0 Å². The molecule has 0 aliphatic carbocycles. The molecule has 1 aromatic carbocycles. The highest BCUT2D eigenvalue weighted by atomic mass is 32.1. The normalized spacial score (nSPS) is 11.1. The number of nitrogens with zero attached hydrogens (tertiary/aromatic N) is 1. The van der Waals surface area contributed by atoms with E-state index in [1.54, 1.807) is 11.3 Å². The minimum Gasteiger partial charge on any atom is -0.316 e. The van der Waals surface area contributed by atoms with Crippen LogP contribution >= 0.6 is 11.3 Å². The second kappa shape index (κ2) is 6.66. The van der Waals surface area contributed by atoms with Crippen LogP contribution in [0, 0.1) is 5.92 Å². The molecule has 96 valence electrons. The molecule has 0 amide bonds. The summed E-state index contributed by atoms with van der Waals surface area (Å²) in [6, 6.07) is 10.4. The number of benzene rings is 1. The first kappa shape index (κ1) is 13.2. The minimum absolute atomic E-state index is 0.709. The van der Waals surface area contributed by atoms with Gasteiger partial charge in [0.25, 0.3) is 0 Å². The predicted octanol–water partition coefficient (Wildman–Crippen LogP) is 3.60. The molecule has 2 aromatic rings. The molecule has 1 aromatic heterocycles. The van der Waals surface area contributed by atoms with Crippen LogP contribution in [0.2, 0.25) is 0 Å². The van der Waals surface area contributed by atoms with Gasteiger partial charge in [-0.1, -0.05) is 44.2 Å². The van der Waals surface area contributed by atoms with Gasteiger partial charge in [0, 0.05) is 23.9 Å². The molecule has 1 N–H and O–H groups in total. The molecule has 0 bridgehead atoms. The second-order valence-corrected chi connectivity index (χ2v) is 5.78. The summed E-state index contributed by atoms with van der Waals surface area (Å²) in [5.74, 6) is 0.709. The van der Waals surface area contributed by atoms with Crippen LogP contribution in [0.15, 0.2) is 35.7 Å². The second-order valence-electron chi connectivity index (χ2n) is 4.84. The first-order valence-electron chi connectivity index (χ1n) is 6.46. The molecule has 0 fully saturated rings. The summed E-state index contributed by atoms with van der Waals surface area (Å²) in [5.41, 5.74) is 2.30. The quantitative estimate of drug-likeness (QED) is 0.803. The van der Waals surface area contributed by atoms with Crippen LogP contribution in [0.3, 0.4) is 0 Å². The topological polar surface area (TPSA) is 24.9 Å². The summed E-state index contributed by atoms with van der Waals surface area (Å²) in [7, 11) is 0. The van der Waals surface area contributed by atoms with Crippen LogP contribution in [-0.4, -0.2) is 18.1 Å². The van der Waals surface area contributed by atoms with E-state index in [0.717, 1.165) is 25.2 Å². The van der Waals surface area contributed by atoms with Crippen LogP contribution in [0.4, 0.5) is 0 Å². The summed E-state index contributed by atoms with van der Waals surface area (Å²) in [6.45, 7) is 6.55. The highest BCUT2D eigenvalue weighted by Crippen LogP contribution is 2.21. The lowest BCUT2D eigenvalue weighted by molar-refractivity contribution is 0.554. The van der Waals surface area contributed by atoms with Crippen molar-refractivity contribution >= 4 is 11.3 Å². The fourth-order valence-electron chi connectivity index (χ4n) is 1.75. The number of hydrogen-bond acceptors (Lipinski definition) is 3. The van der Waals surface area contributed by atoms with Gasteiger partial charge in [0.1, 0.15) is 0 Å². The Labute approximate surface area is 113 Å². The maximum Gasteiger partial charge on any atom is 0.0945 e. The zero-order valence-electron chi connectivity index (χ0n) is 11.0. The highest BCUT2D eigenvalue weighted by molar-refractivity contribution is 7.09. The Kier molecular flexibility index (Phi) is 4.90. The summed E-state index contributed by atoms with van der Waals surface area (Å²) in [5, 5.41) is 6.81. The number of nitrogens with one attached hydrogen (secondary N) is 1. The van der Waals surface area contributed by atoms with Gasteiger partial charge in [0.15, 0.2) is 0 Å². The first-order chi connectivity index (χ1) is 8.75. The fourth-order valence-corrected chi connectivity index (χ4v) is 2.56. The van der Waals surface area contributed by atoms with Crippen molar-refractivity contribution < 1.29 is 0 Å². The van der Waals surface area contributed by atoms with Crippen molar-refractivity contribution in [2.24, 2.45) is 5.92 Å². The zero-order chi connectivity index (χ0) is 12.8. The Morgan fingerprint density at radius 2 is 2.00 bits per heavy atom. The van der Waals surface area contributed by atoms with Gasteiger partial charge in [-0.2, -0.15) is 0 Å². The lowest BCUT2D eigenvalue weighted by Crippen LogP contribution is -2.22. The summed E-state index contributed by atoms with van der Waals surface area (Å²) >= 11 is 1.75. The molecule has 0 spiro atoms. The van der Waals surface area contributed by atoms with Crippen LogP contribution < -0.4 is 5.32 Å². The Morgan fingerprint density at radius 1 is 1.22 bits per heavy atom. The van der Waals surface area contributed by atoms with Gasteiger partial charge in [-0.25, -0.2) is 4.98 Å². The van der Waals surface area contributed by atoms with Crippen molar-refractivity contribution in [3.63, 3.8) is 0 Å². The number of rotatable bonds is 6. The molecule has 0 unspecified atom stereocenters. The molecule has 0 atom stereocenters. The third kappa shape index (κ3) is 3.93. The lowest BCUT2D eigenvalue weighted by Gasteiger charge is -2.05. The van der Waals surface area contributed by atoms with Crippen molar-refractivity contribution in [1.29, 1.82) is 0 Å². The third-order valence-corrected chi connectivity index (χ3v) is 3.60. The lowest BCUT2D eigenvalue weighted by atomic mass is 10.2. The van der Waals surface area contributed by atoms with Crippen molar-refractivity contribution in [2.45, 2.75) is 20.3 Å². The molecule has 0 aliphatic heterocycles. The van der Waals surface area contributed by atoms with Gasteiger partial charge in [0.05, 0.1) is 10.7 Å². The Hall–Kier alpha value is -1.19. The predicted molar refractivity (Wildman–Crippen MR) is 79.0 cm³/mol. The Bertz CT molecular complexity index is 462. The van der Waals surface area contributed by atoms with Gasteiger partial charge in [-0.05, 0) is 12.5 Å². The SMILES string of the molecule is CC(C)CNCCc1nc(-c2ccccc2)cs1. The molecular formula is C15H20N2S. The van der Waals surface area contributed by atoms with Crippen LogP contribution in [0.5, 0.6) is 0 Å². The maximum absolute atomic E-state index is 4.68. The zero-order valence-corrected chi connectivity index (χ0v) is 11.8. The molecule has 0 aliphatic rings. The van der Waals surface area contributed by atoms with Crippen molar-refractivity contribution in [3.8, 4) is 11.3 Å². The Balaban J connectivity index is 1.87. The van der Waals surface area contributed by atoms with Crippen LogP contribution in [0.1, 0.15) is 18.9 Å². The molecule has 18 heavy (non-hydrogen) atoms. The molecule has 3 heteroatoms. The van der Waals surface area contributed by atoms with Gasteiger partial charge < -0.3 is 5.32 Å². The van der Waals surface area contributed by atoms with Crippen molar-refractivity contribution in [2.75, 3.05) is 13.1 Å². The summed E-state index contributed by atoms with van der Waals surface area (Å²) in [6.07, 6.45) is 1.02. The molecule has 1 heterocycles. The molecule has 0 saturated heterocycles. The largest absolute Gasteiger partial charge is 0.316 e. The van der Waals surface area contributed by atoms with E-state index >= 15 is 0 Å². The summed E-state index contributed by atoms with van der Waals surface area (Å²) < 4.78 is 0. The molecule has 0 radical (unpaired) electrons. The van der Waals surface area contributed by atoms with E-state index in [4.69, 9.17) is 0 Å².